The van der Waals surface area contributed by atoms with Crippen LogP contribution in [0.5, 0.6) is 0 Å². The summed E-state index contributed by atoms with van der Waals surface area (Å²) >= 11 is 3.49. The van der Waals surface area contributed by atoms with Gasteiger partial charge in [-0.25, -0.2) is 0 Å². The summed E-state index contributed by atoms with van der Waals surface area (Å²) in [7, 11) is 0. The van der Waals surface area contributed by atoms with Gasteiger partial charge >= 0.3 is 0 Å². The maximum absolute atomic E-state index is 12.8. The van der Waals surface area contributed by atoms with E-state index in [0.717, 1.165) is 48.9 Å². The zero-order valence-electron chi connectivity index (χ0n) is 10.8. The van der Waals surface area contributed by atoms with Gasteiger partial charge in [0.15, 0.2) is 0 Å². The molecule has 1 aromatic rings. The van der Waals surface area contributed by atoms with E-state index in [4.69, 9.17) is 4.74 Å². The van der Waals surface area contributed by atoms with E-state index < -0.39 is 0 Å². The SMILES string of the molecule is O=C(c1ccccc1Br)N(C1CCOCC1)C1CC1. The smallest absolute Gasteiger partial charge is 0.255 e. The predicted molar refractivity (Wildman–Crippen MR) is 77.2 cm³/mol. The molecule has 3 nitrogen and oxygen atoms in total. The summed E-state index contributed by atoms with van der Waals surface area (Å²) in [4.78, 5) is 14.9. The number of nitrogens with zero attached hydrogens (tertiary/aromatic N) is 1. The van der Waals surface area contributed by atoms with Gasteiger partial charge in [-0.15, -0.1) is 0 Å². The first kappa shape index (κ1) is 13.1. The molecule has 1 amide bonds. The van der Waals surface area contributed by atoms with Gasteiger partial charge in [-0.1, -0.05) is 12.1 Å². The second kappa shape index (κ2) is 5.63. The zero-order chi connectivity index (χ0) is 13.2. The minimum absolute atomic E-state index is 0.168. The Hall–Kier alpha value is -0.870. The minimum atomic E-state index is 0.168. The van der Waals surface area contributed by atoms with Crippen molar-refractivity contribution >= 4 is 21.8 Å². The van der Waals surface area contributed by atoms with Crippen molar-refractivity contribution in [2.45, 2.75) is 37.8 Å². The molecule has 1 saturated heterocycles. The zero-order valence-corrected chi connectivity index (χ0v) is 12.4. The molecule has 19 heavy (non-hydrogen) atoms. The summed E-state index contributed by atoms with van der Waals surface area (Å²) in [5, 5.41) is 0. The third-order valence-corrected chi connectivity index (χ3v) is 4.55. The molecule has 1 aliphatic carbocycles. The Morgan fingerprint density at radius 3 is 2.37 bits per heavy atom. The molecule has 3 rings (SSSR count). The number of ether oxygens (including phenoxy) is 1. The lowest BCUT2D eigenvalue weighted by Crippen LogP contribution is -2.45. The number of hydrogen-bond acceptors (Lipinski definition) is 2. The van der Waals surface area contributed by atoms with Crippen LogP contribution in [0.2, 0.25) is 0 Å². The fourth-order valence-corrected chi connectivity index (χ4v) is 3.17. The second-order valence-electron chi connectivity index (χ2n) is 5.27. The van der Waals surface area contributed by atoms with Crippen LogP contribution < -0.4 is 0 Å². The van der Waals surface area contributed by atoms with Crippen molar-refractivity contribution in [3.05, 3.63) is 34.3 Å². The number of carbonyl (C=O) groups is 1. The number of halogens is 1. The average Bonchev–Trinajstić information content (AvgIpc) is 3.25. The highest BCUT2D eigenvalue weighted by Gasteiger charge is 2.38. The molecule has 1 saturated carbocycles. The Morgan fingerprint density at radius 2 is 1.74 bits per heavy atom. The van der Waals surface area contributed by atoms with E-state index in [0.29, 0.717) is 12.1 Å². The standard InChI is InChI=1S/C15H18BrNO2/c16-14-4-2-1-3-13(14)15(18)17(11-5-6-11)12-7-9-19-10-8-12/h1-4,11-12H,5-10H2. The summed E-state index contributed by atoms with van der Waals surface area (Å²) in [5.74, 6) is 0.168. The monoisotopic (exact) mass is 323 g/mol. The van der Waals surface area contributed by atoms with Crippen molar-refractivity contribution < 1.29 is 9.53 Å². The Morgan fingerprint density at radius 1 is 1.11 bits per heavy atom. The molecular weight excluding hydrogens is 306 g/mol. The molecule has 0 unspecified atom stereocenters. The van der Waals surface area contributed by atoms with Gasteiger partial charge in [0.05, 0.1) is 5.56 Å². The number of benzene rings is 1. The van der Waals surface area contributed by atoms with Crippen LogP contribution in [0.3, 0.4) is 0 Å². The van der Waals surface area contributed by atoms with E-state index in [-0.39, 0.29) is 5.91 Å². The summed E-state index contributed by atoms with van der Waals surface area (Å²) < 4.78 is 6.30. The summed E-state index contributed by atoms with van der Waals surface area (Å²) in [6.45, 7) is 1.55. The highest BCUT2D eigenvalue weighted by Crippen LogP contribution is 2.34. The van der Waals surface area contributed by atoms with Crippen LogP contribution in [0.25, 0.3) is 0 Å². The first-order chi connectivity index (χ1) is 9.27. The Kier molecular flexibility index (Phi) is 3.89. The van der Waals surface area contributed by atoms with Crippen LogP contribution in [-0.4, -0.2) is 36.1 Å². The van der Waals surface area contributed by atoms with Crippen molar-refractivity contribution in [2.75, 3.05) is 13.2 Å². The molecule has 1 aliphatic heterocycles. The molecule has 0 bridgehead atoms. The Balaban J connectivity index is 1.83. The largest absolute Gasteiger partial charge is 0.381 e. The highest BCUT2D eigenvalue weighted by molar-refractivity contribution is 9.10. The van der Waals surface area contributed by atoms with Crippen LogP contribution >= 0.6 is 15.9 Å². The topological polar surface area (TPSA) is 29.5 Å². The molecule has 1 heterocycles. The maximum Gasteiger partial charge on any atom is 0.255 e. The Labute approximate surface area is 122 Å². The molecule has 1 aromatic carbocycles. The summed E-state index contributed by atoms with van der Waals surface area (Å²) in [5.41, 5.74) is 0.779. The third kappa shape index (κ3) is 2.84. The van der Waals surface area contributed by atoms with E-state index in [1.165, 1.54) is 0 Å². The second-order valence-corrected chi connectivity index (χ2v) is 6.12. The van der Waals surface area contributed by atoms with Gasteiger partial charge in [0, 0.05) is 29.8 Å². The van der Waals surface area contributed by atoms with E-state index >= 15 is 0 Å². The Bertz CT molecular complexity index is 467. The predicted octanol–water partition coefficient (Wildman–Crippen LogP) is 3.23. The lowest BCUT2D eigenvalue weighted by molar-refractivity contribution is 0.0266. The number of amides is 1. The van der Waals surface area contributed by atoms with E-state index in [1.807, 2.05) is 24.3 Å². The fraction of sp³-hybridized carbons (Fsp3) is 0.533. The first-order valence-electron chi connectivity index (χ1n) is 6.92. The number of hydrogen-bond donors (Lipinski definition) is 0. The van der Waals surface area contributed by atoms with Gasteiger partial charge in [-0.2, -0.15) is 0 Å². The van der Waals surface area contributed by atoms with Gasteiger partial charge in [-0.3, -0.25) is 4.79 Å². The average molecular weight is 324 g/mol. The lowest BCUT2D eigenvalue weighted by Gasteiger charge is -2.34. The molecule has 0 N–H and O–H groups in total. The maximum atomic E-state index is 12.8. The van der Waals surface area contributed by atoms with E-state index in [2.05, 4.69) is 20.8 Å². The summed E-state index contributed by atoms with van der Waals surface area (Å²) in [6, 6.07) is 8.50. The fourth-order valence-electron chi connectivity index (χ4n) is 2.72. The third-order valence-electron chi connectivity index (χ3n) is 3.86. The minimum Gasteiger partial charge on any atom is -0.381 e. The van der Waals surface area contributed by atoms with Gasteiger partial charge in [0.25, 0.3) is 5.91 Å². The van der Waals surface area contributed by atoms with Crippen molar-refractivity contribution in [3.8, 4) is 0 Å². The molecule has 0 atom stereocenters. The lowest BCUT2D eigenvalue weighted by atomic mass is 10.0. The van der Waals surface area contributed by atoms with Crippen LogP contribution in [0.1, 0.15) is 36.0 Å². The van der Waals surface area contributed by atoms with Crippen LogP contribution in [0.4, 0.5) is 0 Å². The van der Waals surface area contributed by atoms with Crippen molar-refractivity contribution in [1.29, 1.82) is 0 Å². The quantitative estimate of drug-likeness (QED) is 0.854. The molecule has 4 heteroatoms. The van der Waals surface area contributed by atoms with Crippen molar-refractivity contribution in [3.63, 3.8) is 0 Å². The molecule has 2 fully saturated rings. The van der Waals surface area contributed by atoms with E-state index in [9.17, 15) is 4.79 Å². The molecule has 102 valence electrons. The van der Waals surface area contributed by atoms with Gasteiger partial charge in [0.1, 0.15) is 0 Å². The van der Waals surface area contributed by atoms with Crippen molar-refractivity contribution in [2.24, 2.45) is 0 Å². The van der Waals surface area contributed by atoms with Gasteiger partial charge in [-0.05, 0) is 53.7 Å². The van der Waals surface area contributed by atoms with Crippen LogP contribution in [0.15, 0.2) is 28.7 Å². The molecule has 0 aromatic heterocycles. The molecule has 2 aliphatic rings. The first-order valence-corrected chi connectivity index (χ1v) is 7.71. The molecular formula is C15H18BrNO2. The van der Waals surface area contributed by atoms with Gasteiger partial charge in [0.2, 0.25) is 0 Å². The van der Waals surface area contributed by atoms with Crippen LogP contribution in [0, 0.1) is 0 Å². The highest BCUT2D eigenvalue weighted by atomic mass is 79.9. The van der Waals surface area contributed by atoms with E-state index in [1.54, 1.807) is 0 Å². The number of carbonyl (C=O) groups excluding carboxylic acids is 1. The normalized spacial score (nSPS) is 20.3. The van der Waals surface area contributed by atoms with Gasteiger partial charge < -0.3 is 9.64 Å². The number of rotatable bonds is 3. The summed E-state index contributed by atoms with van der Waals surface area (Å²) in [6.07, 6.45) is 4.22. The molecule has 0 radical (unpaired) electrons. The molecule has 0 spiro atoms. The van der Waals surface area contributed by atoms with Crippen LogP contribution in [-0.2, 0) is 4.74 Å². The van der Waals surface area contributed by atoms with Crippen molar-refractivity contribution in [1.82, 2.24) is 4.90 Å².